The lowest BCUT2D eigenvalue weighted by molar-refractivity contribution is -0.130. The minimum Gasteiger partial charge on any atom is -0.357 e. The molecule has 0 bridgehead atoms. The number of carbonyl (C=O) groups is 1. The summed E-state index contributed by atoms with van der Waals surface area (Å²) in [4.78, 5) is 20.1. The number of rotatable bonds is 4. The predicted molar refractivity (Wildman–Crippen MR) is 79.3 cm³/mol. The minimum absolute atomic E-state index is 0.168. The number of hydrogen-bond acceptors (Lipinski definition) is 2. The molecular weight excluding hydrogens is 240 g/mol. The average Bonchev–Trinajstić information content (AvgIpc) is 2.37. The molecule has 0 aromatic heterocycles. The monoisotopic (exact) mass is 268 g/mol. The van der Waals surface area contributed by atoms with Crippen molar-refractivity contribution in [1.82, 2.24) is 15.1 Å². The van der Waals surface area contributed by atoms with Crippen LogP contribution in [0.4, 0.5) is 0 Å². The van der Waals surface area contributed by atoms with E-state index in [0.717, 1.165) is 51.6 Å². The van der Waals surface area contributed by atoms with Crippen molar-refractivity contribution < 1.29 is 4.79 Å². The van der Waals surface area contributed by atoms with Crippen LogP contribution in [0.1, 0.15) is 34.1 Å². The molecule has 0 aromatic rings. The molecule has 1 aliphatic heterocycles. The Balaban J connectivity index is 2.50. The third kappa shape index (κ3) is 5.49. The maximum atomic E-state index is 11.3. The van der Waals surface area contributed by atoms with Gasteiger partial charge >= 0.3 is 0 Å². The van der Waals surface area contributed by atoms with Crippen LogP contribution in [-0.4, -0.2) is 60.9 Å². The summed E-state index contributed by atoms with van der Waals surface area (Å²) in [5, 5.41) is 3.34. The van der Waals surface area contributed by atoms with Gasteiger partial charge in [0.15, 0.2) is 5.96 Å². The fourth-order valence-corrected chi connectivity index (χ4v) is 2.09. The number of guanidine groups is 1. The summed E-state index contributed by atoms with van der Waals surface area (Å²) in [5.74, 6) is 1.84. The zero-order valence-electron chi connectivity index (χ0n) is 12.8. The van der Waals surface area contributed by atoms with Crippen LogP contribution in [0, 0.1) is 5.92 Å². The molecular formula is C14H28N4O. The fraction of sp³-hybridized carbons (Fsp3) is 0.857. The van der Waals surface area contributed by atoms with Gasteiger partial charge in [0.1, 0.15) is 0 Å². The Morgan fingerprint density at radius 2 is 1.79 bits per heavy atom. The van der Waals surface area contributed by atoms with E-state index in [9.17, 15) is 4.79 Å². The van der Waals surface area contributed by atoms with Gasteiger partial charge in [-0.1, -0.05) is 13.8 Å². The third-order valence-corrected chi connectivity index (χ3v) is 3.33. The van der Waals surface area contributed by atoms with Crippen molar-refractivity contribution >= 4 is 11.9 Å². The van der Waals surface area contributed by atoms with E-state index in [-0.39, 0.29) is 5.91 Å². The molecule has 1 heterocycles. The highest BCUT2D eigenvalue weighted by Gasteiger charge is 2.20. The summed E-state index contributed by atoms with van der Waals surface area (Å²) in [6.07, 6.45) is 1.11. The minimum atomic E-state index is 0.168. The predicted octanol–water partition coefficient (Wildman–Crippen LogP) is 1.16. The topological polar surface area (TPSA) is 47.9 Å². The van der Waals surface area contributed by atoms with E-state index in [4.69, 9.17) is 0 Å². The largest absolute Gasteiger partial charge is 0.357 e. The van der Waals surface area contributed by atoms with E-state index in [0.29, 0.717) is 5.92 Å². The molecule has 1 fully saturated rings. The number of nitrogens with zero attached hydrogens (tertiary/aromatic N) is 3. The van der Waals surface area contributed by atoms with Crippen molar-refractivity contribution in [1.29, 1.82) is 0 Å². The quantitative estimate of drug-likeness (QED) is 0.615. The van der Waals surface area contributed by atoms with Crippen LogP contribution < -0.4 is 5.32 Å². The first-order valence-electron chi connectivity index (χ1n) is 7.33. The lowest BCUT2D eigenvalue weighted by Crippen LogP contribution is -2.53. The van der Waals surface area contributed by atoms with Crippen LogP contribution in [0.25, 0.3) is 0 Å². The van der Waals surface area contributed by atoms with Gasteiger partial charge in [-0.15, -0.1) is 0 Å². The number of carbonyl (C=O) groups excluding carboxylic acids is 1. The van der Waals surface area contributed by atoms with Crippen LogP contribution in [0.15, 0.2) is 4.99 Å². The maximum Gasteiger partial charge on any atom is 0.219 e. The first-order chi connectivity index (χ1) is 9.04. The highest BCUT2D eigenvalue weighted by atomic mass is 16.2. The highest BCUT2D eigenvalue weighted by Crippen LogP contribution is 2.04. The summed E-state index contributed by atoms with van der Waals surface area (Å²) >= 11 is 0. The van der Waals surface area contributed by atoms with Crippen LogP contribution in [-0.2, 0) is 4.79 Å². The molecule has 1 aliphatic rings. The van der Waals surface area contributed by atoms with Gasteiger partial charge in [0.2, 0.25) is 5.91 Å². The zero-order valence-corrected chi connectivity index (χ0v) is 12.8. The van der Waals surface area contributed by atoms with E-state index < -0.39 is 0 Å². The Morgan fingerprint density at radius 3 is 2.26 bits per heavy atom. The average molecular weight is 268 g/mol. The lowest BCUT2D eigenvalue weighted by Gasteiger charge is -2.36. The molecule has 0 unspecified atom stereocenters. The van der Waals surface area contributed by atoms with Crippen LogP contribution in [0.3, 0.4) is 0 Å². The second kappa shape index (κ2) is 8.02. The summed E-state index contributed by atoms with van der Waals surface area (Å²) in [7, 11) is 0. The van der Waals surface area contributed by atoms with Crippen molar-refractivity contribution in [2.45, 2.75) is 34.1 Å². The number of nitrogens with one attached hydrogen (secondary N) is 1. The second-order valence-corrected chi connectivity index (χ2v) is 5.41. The van der Waals surface area contributed by atoms with Gasteiger partial charge in [-0.25, -0.2) is 0 Å². The molecule has 0 atom stereocenters. The number of piperazine rings is 1. The Labute approximate surface area is 117 Å². The fourth-order valence-electron chi connectivity index (χ4n) is 2.09. The standard InChI is InChI=1S/C14H28N4O/c1-5-15-14(16-7-6-12(2)3)18-10-8-17(9-11-18)13(4)19/h12H,5-11H2,1-4H3,(H,15,16). The molecule has 19 heavy (non-hydrogen) atoms. The first kappa shape index (κ1) is 15.8. The highest BCUT2D eigenvalue weighted by molar-refractivity contribution is 5.80. The molecule has 5 nitrogen and oxygen atoms in total. The summed E-state index contributed by atoms with van der Waals surface area (Å²) in [5.41, 5.74) is 0. The van der Waals surface area contributed by atoms with Crippen molar-refractivity contribution in [2.24, 2.45) is 10.9 Å². The van der Waals surface area contributed by atoms with Crippen LogP contribution in [0.5, 0.6) is 0 Å². The molecule has 0 radical (unpaired) electrons. The number of aliphatic imine (C=N–C) groups is 1. The zero-order chi connectivity index (χ0) is 14.3. The Bertz CT molecular complexity index is 307. The van der Waals surface area contributed by atoms with Gasteiger partial charge in [0, 0.05) is 46.2 Å². The Morgan fingerprint density at radius 1 is 1.21 bits per heavy atom. The van der Waals surface area contributed by atoms with Crippen LogP contribution in [0.2, 0.25) is 0 Å². The molecule has 1 N–H and O–H groups in total. The summed E-state index contributed by atoms with van der Waals surface area (Å²) in [6.45, 7) is 13.2. The van der Waals surface area contributed by atoms with Crippen molar-refractivity contribution in [3.63, 3.8) is 0 Å². The molecule has 1 amide bonds. The third-order valence-electron chi connectivity index (χ3n) is 3.33. The van der Waals surface area contributed by atoms with Gasteiger partial charge in [0.05, 0.1) is 0 Å². The van der Waals surface area contributed by atoms with Gasteiger partial charge in [-0.3, -0.25) is 9.79 Å². The van der Waals surface area contributed by atoms with Crippen molar-refractivity contribution in [3.05, 3.63) is 0 Å². The Hall–Kier alpha value is -1.26. The maximum absolute atomic E-state index is 11.3. The molecule has 0 aliphatic carbocycles. The number of amides is 1. The second-order valence-electron chi connectivity index (χ2n) is 5.41. The van der Waals surface area contributed by atoms with Gasteiger partial charge < -0.3 is 15.1 Å². The molecule has 110 valence electrons. The van der Waals surface area contributed by atoms with Crippen LogP contribution >= 0.6 is 0 Å². The molecule has 5 heteroatoms. The Kier molecular flexibility index (Phi) is 6.67. The molecule has 0 aromatic carbocycles. The van der Waals surface area contributed by atoms with Gasteiger partial charge in [-0.2, -0.15) is 0 Å². The van der Waals surface area contributed by atoms with Crippen molar-refractivity contribution in [3.8, 4) is 0 Å². The van der Waals surface area contributed by atoms with E-state index in [1.54, 1.807) is 6.92 Å². The molecule has 1 saturated heterocycles. The molecule has 1 rings (SSSR count). The van der Waals surface area contributed by atoms with E-state index in [1.165, 1.54) is 0 Å². The first-order valence-corrected chi connectivity index (χ1v) is 7.33. The van der Waals surface area contributed by atoms with E-state index in [2.05, 4.69) is 36.0 Å². The lowest BCUT2D eigenvalue weighted by atomic mass is 10.1. The smallest absolute Gasteiger partial charge is 0.219 e. The molecule has 0 saturated carbocycles. The van der Waals surface area contributed by atoms with E-state index in [1.807, 2.05) is 4.90 Å². The van der Waals surface area contributed by atoms with Gasteiger partial charge in [0.25, 0.3) is 0 Å². The van der Waals surface area contributed by atoms with E-state index >= 15 is 0 Å². The SMILES string of the molecule is CCNC(=NCCC(C)C)N1CCN(C(C)=O)CC1. The van der Waals surface area contributed by atoms with Gasteiger partial charge in [-0.05, 0) is 19.3 Å². The van der Waals surface area contributed by atoms with Crippen molar-refractivity contribution in [2.75, 3.05) is 39.3 Å². The normalized spacial score (nSPS) is 17.0. The molecule has 0 spiro atoms. The summed E-state index contributed by atoms with van der Waals surface area (Å²) < 4.78 is 0. The summed E-state index contributed by atoms with van der Waals surface area (Å²) in [6, 6.07) is 0. The number of hydrogen-bond donors (Lipinski definition) is 1.